The van der Waals surface area contributed by atoms with E-state index in [1.807, 2.05) is 6.92 Å². The molecular weight excluding hydrogens is 544 g/mol. The molecule has 2 saturated heterocycles. The molecule has 6 rings (SSSR count). The Morgan fingerprint density at radius 3 is 2.71 bits per heavy atom. The predicted molar refractivity (Wildman–Crippen MR) is 137 cm³/mol. The molecule has 2 unspecified atom stereocenters. The number of benzene rings is 1. The van der Waals surface area contributed by atoms with Crippen molar-refractivity contribution in [3.63, 3.8) is 0 Å². The van der Waals surface area contributed by atoms with Gasteiger partial charge in [0, 0.05) is 41.0 Å². The summed E-state index contributed by atoms with van der Waals surface area (Å²) < 4.78 is 49.2. The fraction of sp³-hybridized carbons (Fsp3) is 0.560. The lowest BCUT2D eigenvalue weighted by Crippen LogP contribution is -2.59. The quantitative estimate of drug-likeness (QED) is 0.440. The molecule has 3 fully saturated rings. The second kappa shape index (κ2) is 9.48. The maximum atomic E-state index is 15.6. The maximum absolute atomic E-state index is 15.6. The third-order valence-electron chi connectivity index (χ3n) is 7.87. The van der Waals surface area contributed by atoms with E-state index < -0.39 is 35.7 Å². The van der Waals surface area contributed by atoms with E-state index in [4.69, 9.17) is 27.9 Å². The molecule has 3 aromatic rings. The molecule has 1 aliphatic carbocycles. The van der Waals surface area contributed by atoms with Crippen LogP contribution in [0.5, 0.6) is 0 Å². The highest BCUT2D eigenvalue weighted by Crippen LogP contribution is 2.53. The second-order valence-corrected chi connectivity index (χ2v) is 11.5. The summed E-state index contributed by atoms with van der Waals surface area (Å²) in [6.45, 7) is 3.62. The van der Waals surface area contributed by atoms with E-state index in [-0.39, 0.29) is 24.1 Å². The van der Waals surface area contributed by atoms with Gasteiger partial charge >= 0.3 is 0 Å². The zero-order valence-corrected chi connectivity index (χ0v) is 22.1. The number of piperidine rings is 1. The minimum Gasteiger partial charge on any atom is -0.391 e. The highest BCUT2D eigenvalue weighted by Gasteiger charge is 2.59. The van der Waals surface area contributed by atoms with Crippen LogP contribution in [0.1, 0.15) is 43.7 Å². The number of aromatic nitrogens is 4. The van der Waals surface area contributed by atoms with E-state index in [9.17, 15) is 13.9 Å². The number of rotatable bonds is 5. The highest BCUT2D eigenvalue weighted by atomic mass is 35.5. The topological polar surface area (TPSA) is 88.3 Å². The van der Waals surface area contributed by atoms with Gasteiger partial charge in [-0.15, -0.1) is 0 Å². The molecule has 4 heterocycles. The molecule has 1 saturated carbocycles. The average molecular weight is 571 g/mol. The lowest BCUT2D eigenvalue weighted by Gasteiger charge is -2.48. The summed E-state index contributed by atoms with van der Waals surface area (Å²) in [5.74, 6) is -3.03. The molecule has 3 aliphatic rings. The molecule has 204 valence electrons. The molecule has 13 heteroatoms. The van der Waals surface area contributed by atoms with Crippen molar-refractivity contribution in [2.75, 3.05) is 31.6 Å². The highest BCUT2D eigenvalue weighted by molar-refractivity contribution is 6.32. The van der Waals surface area contributed by atoms with Crippen molar-refractivity contribution >= 4 is 45.7 Å². The molecule has 8 nitrogen and oxygen atoms in total. The molecule has 2 aromatic heterocycles. The van der Waals surface area contributed by atoms with E-state index in [1.165, 1.54) is 6.20 Å². The number of nitrogens with zero attached hydrogens (tertiary/aromatic N) is 5. The summed E-state index contributed by atoms with van der Waals surface area (Å²) in [6, 6.07) is 2.45. The van der Waals surface area contributed by atoms with Crippen LogP contribution in [-0.2, 0) is 4.74 Å². The molecule has 0 radical (unpaired) electrons. The van der Waals surface area contributed by atoms with Gasteiger partial charge in [0.25, 0.3) is 5.92 Å². The van der Waals surface area contributed by atoms with Crippen LogP contribution in [0.25, 0.3) is 10.9 Å². The number of halogens is 5. The molecule has 5 atom stereocenters. The van der Waals surface area contributed by atoms with Crippen LogP contribution in [0.2, 0.25) is 10.2 Å². The van der Waals surface area contributed by atoms with Crippen molar-refractivity contribution in [1.29, 1.82) is 0 Å². The SMILES string of the molecule is C[C@@]1(N2CC[C@H](c3cc4nc(Nc5cnn(C6CC6(F)F)c5Cl)ncc4cc3Cl)[C@@H](F)C2)COCC(O)C1. The van der Waals surface area contributed by atoms with Gasteiger partial charge in [0.1, 0.15) is 12.2 Å². The number of likely N-dealkylation sites (tertiary alicyclic amines) is 1. The third kappa shape index (κ3) is 4.72. The van der Waals surface area contributed by atoms with Crippen LogP contribution >= 0.6 is 23.2 Å². The van der Waals surface area contributed by atoms with Crippen LogP contribution in [-0.4, -0.2) is 79.8 Å². The van der Waals surface area contributed by atoms with Gasteiger partial charge < -0.3 is 15.2 Å². The molecule has 1 aromatic carbocycles. The van der Waals surface area contributed by atoms with E-state index in [1.54, 1.807) is 18.3 Å². The standard InChI is InChI=1S/C25H27Cl2F3N6O2/c1-24(6-14(37)11-38-12-24)35-3-2-15(18(28)10-35)16-5-19-13(4-17(16)26)8-31-23(33-19)34-20-9-32-36(22(20)27)21-7-25(21,29)30/h4-5,8-9,14-15,18,21,37H,2-3,6-7,10-12H2,1H3,(H,31,33,34)/t14?,15-,18+,21?,24+/m1/s1. The number of alkyl halides is 3. The van der Waals surface area contributed by atoms with Crippen molar-refractivity contribution in [3.05, 3.63) is 40.3 Å². The maximum Gasteiger partial charge on any atom is 0.272 e. The number of hydrogen-bond acceptors (Lipinski definition) is 7. The van der Waals surface area contributed by atoms with Gasteiger partial charge in [0.2, 0.25) is 5.95 Å². The third-order valence-corrected chi connectivity index (χ3v) is 8.57. The molecule has 0 spiro atoms. The van der Waals surface area contributed by atoms with E-state index in [0.29, 0.717) is 59.8 Å². The summed E-state index contributed by atoms with van der Waals surface area (Å²) in [6.07, 6.45) is 2.01. The number of ether oxygens (including phenoxy) is 1. The van der Waals surface area contributed by atoms with Gasteiger partial charge in [-0.05, 0) is 44.0 Å². The fourth-order valence-electron chi connectivity index (χ4n) is 5.65. The number of nitrogens with one attached hydrogen (secondary N) is 1. The Morgan fingerprint density at radius 1 is 1.21 bits per heavy atom. The first kappa shape index (κ1) is 26.1. The lowest BCUT2D eigenvalue weighted by molar-refractivity contribution is -0.108. The van der Waals surface area contributed by atoms with Crippen molar-refractivity contribution in [3.8, 4) is 0 Å². The summed E-state index contributed by atoms with van der Waals surface area (Å²) in [4.78, 5) is 10.9. The van der Waals surface area contributed by atoms with Crippen molar-refractivity contribution < 1.29 is 23.0 Å². The van der Waals surface area contributed by atoms with Crippen LogP contribution in [0, 0.1) is 0 Å². The summed E-state index contributed by atoms with van der Waals surface area (Å²) in [5.41, 5.74) is 1.12. The number of anilines is 2. The first-order valence-corrected chi connectivity index (χ1v) is 13.3. The molecule has 2 N–H and O–H groups in total. The number of hydrogen-bond donors (Lipinski definition) is 2. The van der Waals surface area contributed by atoms with Gasteiger partial charge in [-0.2, -0.15) is 5.10 Å². The van der Waals surface area contributed by atoms with Crippen LogP contribution < -0.4 is 5.32 Å². The monoisotopic (exact) mass is 570 g/mol. The number of aliphatic hydroxyl groups is 1. The smallest absolute Gasteiger partial charge is 0.272 e. The Bertz CT molecular complexity index is 1380. The number of aliphatic hydroxyl groups excluding tert-OH is 1. The Morgan fingerprint density at radius 2 is 2.00 bits per heavy atom. The molecular formula is C25H27Cl2F3N6O2. The molecule has 2 aliphatic heterocycles. The minimum atomic E-state index is -2.81. The van der Waals surface area contributed by atoms with Gasteiger partial charge in [-0.25, -0.2) is 27.8 Å². The fourth-order valence-corrected chi connectivity index (χ4v) is 6.22. The van der Waals surface area contributed by atoms with Gasteiger partial charge in [0.05, 0.1) is 36.7 Å². The molecule has 38 heavy (non-hydrogen) atoms. The average Bonchev–Trinajstić information content (AvgIpc) is 3.35. The Kier molecular flexibility index (Phi) is 6.50. The summed E-state index contributed by atoms with van der Waals surface area (Å²) >= 11 is 12.9. The summed E-state index contributed by atoms with van der Waals surface area (Å²) in [7, 11) is 0. The van der Waals surface area contributed by atoms with Crippen molar-refractivity contribution in [2.24, 2.45) is 0 Å². The molecule has 0 bridgehead atoms. The Labute approximate surface area is 227 Å². The van der Waals surface area contributed by atoms with E-state index in [0.717, 1.165) is 4.68 Å². The van der Waals surface area contributed by atoms with Crippen molar-refractivity contribution in [2.45, 2.75) is 61.9 Å². The van der Waals surface area contributed by atoms with E-state index in [2.05, 4.69) is 25.3 Å². The Balaban J connectivity index is 1.21. The first-order chi connectivity index (χ1) is 18.0. The second-order valence-electron chi connectivity index (χ2n) is 10.8. The zero-order chi connectivity index (χ0) is 26.8. The van der Waals surface area contributed by atoms with Gasteiger partial charge in [-0.1, -0.05) is 23.2 Å². The normalized spacial score (nSPS) is 31.4. The molecule has 0 amide bonds. The summed E-state index contributed by atoms with van der Waals surface area (Å²) in [5, 5.41) is 18.2. The number of fused-ring (bicyclic) bond motifs is 1. The van der Waals surface area contributed by atoms with Crippen LogP contribution in [0.4, 0.5) is 24.8 Å². The largest absolute Gasteiger partial charge is 0.391 e. The van der Waals surface area contributed by atoms with Crippen molar-refractivity contribution in [1.82, 2.24) is 24.6 Å². The van der Waals surface area contributed by atoms with Crippen LogP contribution in [0.15, 0.2) is 24.5 Å². The van der Waals surface area contributed by atoms with Gasteiger partial charge in [-0.3, -0.25) is 4.90 Å². The zero-order valence-electron chi connectivity index (χ0n) is 20.5. The predicted octanol–water partition coefficient (Wildman–Crippen LogP) is 5.12. The Hall–Kier alpha value is -2.18. The minimum absolute atomic E-state index is 0.0456. The van der Waals surface area contributed by atoms with E-state index >= 15 is 4.39 Å². The van der Waals surface area contributed by atoms with Gasteiger partial charge in [0.15, 0.2) is 5.15 Å². The lowest BCUT2D eigenvalue weighted by atomic mass is 9.83. The van der Waals surface area contributed by atoms with Crippen LogP contribution in [0.3, 0.4) is 0 Å². The first-order valence-electron chi connectivity index (χ1n) is 12.5.